The number of hydrogen-bond acceptors (Lipinski definition) is 5. The Morgan fingerprint density at radius 1 is 1.25 bits per heavy atom. The third-order valence-corrected chi connectivity index (χ3v) is 4.02. The van der Waals surface area contributed by atoms with E-state index in [1.807, 2.05) is 25.1 Å². The van der Waals surface area contributed by atoms with Gasteiger partial charge in [-0.15, -0.1) is 0 Å². The first-order chi connectivity index (χ1) is 11.7. The van der Waals surface area contributed by atoms with Crippen LogP contribution in [0.15, 0.2) is 54.5 Å². The van der Waals surface area contributed by atoms with Crippen LogP contribution in [0.1, 0.15) is 18.9 Å². The number of anilines is 2. The van der Waals surface area contributed by atoms with E-state index in [1.165, 1.54) is 4.90 Å². The molecule has 24 heavy (non-hydrogen) atoms. The molecule has 2 heterocycles. The van der Waals surface area contributed by atoms with Crippen molar-refractivity contribution in [3.8, 4) is 0 Å². The molecule has 0 spiro atoms. The van der Waals surface area contributed by atoms with Crippen molar-refractivity contribution in [2.75, 3.05) is 16.3 Å². The summed E-state index contributed by atoms with van der Waals surface area (Å²) in [5.74, 6) is -0.102. The summed E-state index contributed by atoms with van der Waals surface area (Å²) in [7, 11) is 0. The van der Waals surface area contributed by atoms with Gasteiger partial charge in [-0.25, -0.2) is 0 Å². The second-order valence-corrected chi connectivity index (χ2v) is 5.50. The number of aromatic nitrogens is 1. The van der Waals surface area contributed by atoms with Crippen LogP contribution in [-0.2, 0) is 4.79 Å². The molecular formula is C18H19N3O3. The van der Waals surface area contributed by atoms with E-state index in [9.17, 15) is 15.0 Å². The number of amides is 1. The molecule has 1 aliphatic heterocycles. The molecule has 0 saturated heterocycles. The Hall–Kier alpha value is -2.86. The molecule has 1 amide bonds. The van der Waals surface area contributed by atoms with Crippen molar-refractivity contribution in [3.63, 3.8) is 0 Å². The van der Waals surface area contributed by atoms with Crippen LogP contribution < -0.4 is 9.80 Å². The van der Waals surface area contributed by atoms with Gasteiger partial charge >= 0.3 is 0 Å². The normalized spacial score (nSPS) is 16.8. The zero-order valence-electron chi connectivity index (χ0n) is 13.3. The Morgan fingerprint density at radius 3 is 2.62 bits per heavy atom. The predicted molar refractivity (Wildman–Crippen MR) is 92.4 cm³/mol. The Bertz CT molecular complexity index is 761. The first-order valence-corrected chi connectivity index (χ1v) is 7.80. The quantitative estimate of drug-likeness (QED) is 0.826. The highest BCUT2D eigenvalue weighted by molar-refractivity contribution is 5.89. The van der Waals surface area contributed by atoms with E-state index < -0.39 is 6.23 Å². The van der Waals surface area contributed by atoms with Crippen LogP contribution in [0.25, 0.3) is 5.76 Å². The largest absolute Gasteiger partial charge is 0.505 e. The van der Waals surface area contributed by atoms with Gasteiger partial charge in [0.2, 0.25) is 6.41 Å². The Labute approximate surface area is 140 Å². The number of para-hydroxylation sites is 1. The summed E-state index contributed by atoms with van der Waals surface area (Å²) in [6.07, 6.45) is 3.38. The lowest BCUT2D eigenvalue weighted by Gasteiger charge is -2.39. The van der Waals surface area contributed by atoms with Gasteiger partial charge in [-0.05, 0) is 30.7 Å². The van der Waals surface area contributed by atoms with Gasteiger partial charge in [0.05, 0.1) is 11.4 Å². The number of fused-ring (bicyclic) bond motifs is 1. The van der Waals surface area contributed by atoms with Crippen molar-refractivity contribution < 1.29 is 15.0 Å². The van der Waals surface area contributed by atoms with E-state index in [0.717, 1.165) is 12.1 Å². The number of aliphatic hydroxyl groups excluding tert-OH is 2. The lowest BCUT2D eigenvalue weighted by molar-refractivity contribution is -0.107. The average Bonchev–Trinajstić information content (AvgIpc) is 2.63. The SMILES string of the molecule is CCCN1c2ccccc2C(O)=C(N(C=O)c2ccncc2)C1O. The third-order valence-electron chi connectivity index (χ3n) is 4.02. The van der Waals surface area contributed by atoms with Gasteiger partial charge in [0.1, 0.15) is 11.5 Å². The van der Waals surface area contributed by atoms with E-state index in [1.54, 1.807) is 35.5 Å². The second kappa shape index (κ2) is 6.72. The third kappa shape index (κ3) is 2.61. The fraction of sp³-hybridized carbons (Fsp3) is 0.222. The van der Waals surface area contributed by atoms with Crippen LogP contribution in [0.4, 0.5) is 11.4 Å². The summed E-state index contributed by atoms with van der Waals surface area (Å²) in [5.41, 5.74) is 2.00. The Kier molecular flexibility index (Phi) is 4.48. The molecule has 1 unspecified atom stereocenters. The van der Waals surface area contributed by atoms with Gasteiger partial charge in [-0.1, -0.05) is 19.1 Å². The minimum Gasteiger partial charge on any atom is -0.505 e. The molecule has 6 heteroatoms. The summed E-state index contributed by atoms with van der Waals surface area (Å²) < 4.78 is 0. The molecule has 0 fully saturated rings. The number of carbonyl (C=O) groups is 1. The smallest absolute Gasteiger partial charge is 0.218 e. The van der Waals surface area contributed by atoms with Crippen molar-refractivity contribution in [1.29, 1.82) is 0 Å². The zero-order valence-corrected chi connectivity index (χ0v) is 13.3. The summed E-state index contributed by atoms with van der Waals surface area (Å²) in [4.78, 5) is 18.7. The predicted octanol–water partition coefficient (Wildman–Crippen LogP) is 2.52. The van der Waals surface area contributed by atoms with Crippen molar-refractivity contribution in [2.24, 2.45) is 0 Å². The van der Waals surface area contributed by atoms with E-state index in [2.05, 4.69) is 4.98 Å². The van der Waals surface area contributed by atoms with Crippen LogP contribution in [0.2, 0.25) is 0 Å². The maximum absolute atomic E-state index is 11.7. The number of aliphatic hydroxyl groups is 2. The number of rotatable bonds is 5. The van der Waals surface area contributed by atoms with Gasteiger partial charge in [0, 0.05) is 24.5 Å². The molecule has 0 aliphatic carbocycles. The van der Waals surface area contributed by atoms with Gasteiger partial charge in [0.25, 0.3) is 0 Å². The summed E-state index contributed by atoms with van der Waals surface area (Å²) in [5, 5.41) is 21.5. The number of hydrogen-bond donors (Lipinski definition) is 2. The monoisotopic (exact) mass is 325 g/mol. The molecule has 0 bridgehead atoms. The highest BCUT2D eigenvalue weighted by atomic mass is 16.3. The highest BCUT2D eigenvalue weighted by Gasteiger charge is 2.35. The molecular weight excluding hydrogens is 306 g/mol. The van der Waals surface area contributed by atoms with E-state index in [4.69, 9.17) is 0 Å². The molecule has 1 aliphatic rings. The van der Waals surface area contributed by atoms with E-state index in [0.29, 0.717) is 24.2 Å². The van der Waals surface area contributed by atoms with Gasteiger partial charge in [-0.3, -0.25) is 14.7 Å². The maximum Gasteiger partial charge on any atom is 0.218 e. The van der Waals surface area contributed by atoms with Crippen molar-refractivity contribution in [1.82, 2.24) is 4.98 Å². The number of carbonyl (C=O) groups excluding carboxylic acids is 1. The fourth-order valence-corrected chi connectivity index (χ4v) is 2.95. The number of nitrogens with zero attached hydrogens (tertiary/aromatic N) is 3. The first kappa shape index (κ1) is 16.0. The minimum atomic E-state index is -1.13. The van der Waals surface area contributed by atoms with Crippen molar-refractivity contribution in [2.45, 2.75) is 19.6 Å². The topological polar surface area (TPSA) is 76.9 Å². The lowest BCUT2D eigenvalue weighted by atomic mass is 10.0. The van der Waals surface area contributed by atoms with Crippen LogP contribution in [0.5, 0.6) is 0 Å². The molecule has 2 N–H and O–H groups in total. The van der Waals surface area contributed by atoms with Crippen LogP contribution >= 0.6 is 0 Å². The fourth-order valence-electron chi connectivity index (χ4n) is 2.95. The second-order valence-electron chi connectivity index (χ2n) is 5.50. The van der Waals surface area contributed by atoms with Gasteiger partial charge < -0.3 is 15.1 Å². The number of benzene rings is 1. The Morgan fingerprint density at radius 2 is 1.96 bits per heavy atom. The molecule has 6 nitrogen and oxygen atoms in total. The van der Waals surface area contributed by atoms with Crippen LogP contribution in [0, 0.1) is 0 Å². The van der Waals surface area contributed by atoms with Crippen molar-refractivity contribution >= 4 is 23.5 Å². The molecule has 3 rings (SSSR count). The molecule has 124 valence electrons. The zero-order chi connectivity index (χ0) is 17.1. The molecule has 0 saturated carbocycles. The summed E-state index contributed by atoms with van der Waals surface area (Å²) >= 11 is 0. The van der Waals surface area contributed by atoms with Crippen LogP contribution in [0.3, 0.4) is 0 Å². The maximum atomic E-state index is 11.7. The van der Waals surface area contributed by atoms with Gasteiger partial charge in [0.15, 0.2) is 6.23 Å². The van der Waals surface area contributed by atoms with Crippen LogP contribution in [-0.4, -0.2) is 34.4 Å². The average molecular weight is 325 g/mol. The molecule has 2 aromatic rings. The lowest BCUT2D eigenvalue weighted by Crippen LogP contribution is -2.46. The highest BCUT2D eigenvalue weighted by Crippen LogP contribution is 2.38. The molecule has 1 atom stereocenters. The Balaban J connectivity index is 2.16. The van der Waals surface area contributed by atoms with Crippen molar-refractivity contribution in [3.05, 3.63) is 60.1 Å². The first-order valence-electron chi connectivity index (χ1n) is 7.80. The minimum absolute atomic E-state index is 0.102. The molecule has 1 aromatic carbocycles. The summed E-state index contributed by atoms with van der Waals surface area (Å²) in [6.45, 7) is 2.60. The molecule has 0 radical (unpaired) electrons. The van der Waals surface area contributed by atoms with Gasteiger partial charge in [-0.2, -0.15) is 0 Å². The number of pyridine rings is 1. The standard InChI is InChI=1S/C18H19N3O3/c1-2-11-20-15-6-4-3-5-14(15)17(23)16(18(20)24)21(12-22)13-7-9-19-10-8-13/h3-10,12,18,23-24H,2,11H2,1H3. The van der Waals surface area contributed by atoms with E-state index >= 15 is 0 Å². The molecule has 1 aromatic heterocycles. The van der Waals surface area contributed by atoms with E-state index in [-0.39, 0.29) is 11.5 Å². The summed E-state index contributed by atoms with van der Waals surface area (Å²) in [6, 6.07) is 10.6.